The number of aromatic carboxylic acids is 1. The van der Waals surface area contributed by atoms with Crippen LogP contribution in [0.3, 0.4) is 0 Å². The second kappa shape index (κ2) is 7.81. The Morgan fingerprint density at radius 2 is 2.00 bits per heavy atom. The molecular formula is C17H15Cl2N5O3. The van der Waals surface area contributed by atoms with E-state index in [2.05, 4.69) is 15.5 Å². The maximum atomic E-state index is 12.1. The van der Waals surface area contributed by atoms with Crippen LogP contribution in [0.25, 0.3) is 0 Å². The zero-order chi connectivity index (χ0) is 19.6. The fourth-order valence-electron chi connectivity index (χ4n) is 2.43. The lowest BCUT2D eigenvalue weighted by molar-refractivity contribution is -0.116. The SMILES string of the molecule is Cc1cc(NC(=O)Cn2cc(C(=O)O)cn2)nn1Cc1ccc(Cl)c(Cl)c1. The summed E-state index contributed by atoms with van der Waals surface area (Å²) in [6.45, 7) is 2.22. The summed E-state index contributed by atoms with van der Waals surface area (Å²) in [5, 5.41) is 20.7. The van der Waals surface area contributed by atoms with Gasteiger partial charge in [-0.1, -0.05) is 29.3 Å². The summed E-state index contributed by atoms with van der Waals surface area (Å²) in [6, 6.07) is 7.07. The van der Waals surface area contributed by atoms with Crippen molar-refractivity contribution in [3.05, 3.63) is 63.5 Å². The normalized spacial score (nSPS) is 10.8. The van der Waals surface area contributed by atoms with Crippen LogP contribution in [-0.2, 0) is 17.9 Å². The molecule has 8 nitrogen and oxygen atoms in total. The zero-order valence-corrected chi connectivity index (χ0v) is 15.7. The van der Waals surface area contributed by atoms with Crippen molar-refractivity contribution in [2.45, 2.75) is 20.0 Å². The fourth-order valence-corrected chi connectivity index (χ4v) is 2.75. The molecule has 1 amide bonds. The van der Waals surface area contributed by atoms with E-state index in [1.165, 1.54) is 17.1 Å². The van der Waals surface area contributed by atoms with Gasteiger partial charge in [-0.2, -0.15) is 10.2 Å². The molecule has 0 bridgehead atoms. The maximum absolute atomic E-state index is 12.1. The number of carbonyl (C=O) groups is 2. The molecule has 140 valence electrons. The number of amides is 1. The predicted molar refractivity (Wildman–Crippen MR) is 100 cm³/mol. The Bertz CT molecular complexity index is 1010. The first-order valence-corrected chi connectivity index (χ1v) is 8.61. The third kappa shape index (κ3) is 4.66. The highest BCUT2D eigenvalue weighted by Crippen LogP contribution is 2.23. The second-order valence-corrected chi connectivity index (χ2v) is 6.67. The first kappa shape index (κ1) is 18.9. The number of aromatic nitrogens is 4. The van der Waals surface area contributed by atoms with Crippen LogP contribution < -0.4 is 5.32 Å². The Balaban J connectivity index is 1.65. The van der Waals surface area contributed by atoms with Crippen molar-refractivity contribution in [3.8, 4) is 0 Å². The quantitative estimate of drug-likeness (QED) is 0.653. The average Bonchev–Trinajstić information content (AvgIpc) is 3.18. The van der Waals surface area contributed by atoms with Crippen LogP contribution in [0.4, 0.5) is 5.82 Å². The summed E-state index contributed by atoms with van der Waals surface area (Å²) in [6.07, 6.45) is 2.47. The molecule has 0 fully saturated rings. The van der Waals surface area contributed by atoms with Gasteiger partial charge in [0, 0.05) is 18.0 Å². The number of anilines is 1. The smallest absolute Gasteiger partial charge is 0.338 e. The first-order chi connectivity index (χ1) is 12.8. The minimum absolute atomic E-state index is 0.0181. The fraction of sp³-hybridized carbons (Fsp3) is 0.176. The van der Waals surface area contributed by atoms with E-state index in [4.69, 9.17) is 28.3 Å². The molecule has 2 aromatic heterocycles. The number of rotatable bonds is 6. The summed E-state index contributed by atoms with van der Waals surface area (Å²) >= 11 is 11.9. The van der Waals surface area contributed by atoms with Gasteiger partial charge in [-0.05, 0) is 24.6 Å². The van der Waals surface area contributed by atoms with Gasteiger partial charge in [0.1, 0.15) is 6.54 Å². The van der Waals surface area contributed by atoms with Gasteiger partial charge in [0.05, 0.1) is 28.4 Å². The van der Waals surface area contributed by atoms with Gasteiger partial charge in [0.2, 0.25) is 5.91 Å². The molecular weight excluding hydrogens is 393 g/mol. The Labute approximate surface area is 164 Å². The van der Waals surface area contributed by atoms with E-state index in [-0.39, 0.29) is 18.0 Å². The first-order valence-electron chi connectivity index (χ1n) is 7.86. The molecule has 0 aliphatic rings. The number of aryl methyl sites for hydroxylation is 1. The number of halogens is 2. The summed E-state index contributed by atoms with van der Waals surface area (Å²) in [4.78, 5) is 23.0. The van der Waals surface area contributed by atoms with Crippen molar-refractivity contribution in [2.75, 3.05) is 5.32 Å². The number of carboxylic acid groups (broad SMARTS) is 1. The van der Waals surface area contributed by atoms with Crippen molar-refractivity contribution in [1.29, 1.82) is 0 Å². The molecule has 0 unspecified atom stereocenters. The molecule has 0 aliphatic carbocycles. The van der Waals surface area contributed by atoms with Crippen molar-refractivity contribution in [2.24, 2.45) is 0 Å². The topological polar surface area (TPSA) is 102 Å². The highest BCUT2D eigenvalue weighted by atomic mass is 35.5. The predicted octanol–water partition coefficient (Wildman–Crippen LogP) is 3.08. The van der Waals surface area contributed by atoms with Crippen LogP contribution in [0.5, 0.6) is 0 Å². The molecule has 0 spiro atoms. The van der Waals surface area contributed by atoms with E-state index in [1.54, 1.807) is 22.9 Å². The van der Waals surface area contributed by atoms with E-state index < -0.39 is 5.97 Å². The van der Waals surface area contributed by atoms with Gasteiger partial charge < -0.3 is 10.4 Å². The largest absolute Gasteiger partial charge is 0.478 e. The summed E-state index contributed by atoms with van der Waals surface area (Å²) in [5.74, 6) is -1.07. The summed E-state index contributed by atoms with van der Waals surface area (Å²) < 4.78 is 2.98. The third-order valence-electron chi connectivity index (χ3n) is 3.75. The average molecular weight is 408 g/mol. The monoisotopic (exact) mass is 407 g/mol. The molecule has 10 heteroatoms. The van der Waals surface area contributed by atoms with E-state index in [0.717, 1.165) is 11.3 Å². The van der Waals surface area contributed by atoms with Crippen LogP contribution in [0, 0.1) is 6.92 Å². The molecule has 0 saturated heterocycles. The minimum Gasteiger partial charge on any atom is -0.478 e. The number of hydrogen-bond donors (Lipinski definition) is 2. The van der Waals surface area contributed by atoms with E-state index >= 15 is 0 Å². The molecule has 3 aromatic rings. The summed E-state index contributed by atoms with van der Waals surface area (Å²) in [7, 11) is 0. The number of benzene rings is 1. The molecule has 0 radical (unpaired) electrons. The standard InChI is InChI=1S/C17H15Cl2N5O3/c1-10-4-15(21-16(25)9-23-8-12(6-20-23)17(26)27)22-24(10)7-11-2-3-13(18)14(19)5-11/h2-6,8H,7,9H2,1H3,(H,26,27)(H,21,22,25). The molecule has 0 aliphatic heterocycles. The van der Waals surface area contributed by atoms with Crippen LogP contribution in [0.1, 0.15) is 21.6 Å². The summed E-state index contributed by atoms with van der Waals surface area (Å²) in [5.41, 5.74) is 1.79. The zero-order valence-electron chi connectivity index (χ0n) is 14.2. The van der Waals surface area contributed by atoms with Gasteiger partial charge in [-0.15, -0.1) is 0 Å². The second-order valence-electron chi connectivity index (χ2n) is 5.86. The number of nitrogens with one attached hydrogen (secondary N) is 1. The Hall–Kier alpha value is -2.84. The molecule has 0 saturated carbocycles. The lowest BCUT2D eigenvalue weighted by atomic mass is 10.2. The van der Waals surface area contributed by atoms with Crippen molar-refractivity contribution in [3.63, 3.8) is 0 Å². The lowest BCUT2D eigenvalue weighted by Gasteiger charge is -2.06. The molecule has 2 heterocycles. The van der Waals surface area contributed by atoms with Crippen molar-refractivity contribution in [1.82, 2.24) is 19.6 Å². The Morgan fingerprint density at radius 1 is 1.22 bits per heavy atom. The molecule has 3 rings (SSSR count). The van der Waals surface area contributed by atoms with Gasteiger partial charge in [0.25, 0.3) is 0 Å². The number of carboxylic acids is 1. The highest BCUT2D eigenvalue weighted by molar-refractivity contribution is 6.42. The van der Waals surface area contributed by atoms with Gasteiger partial charge >= 0.3 is 5.97 Å². The maximum Gasteiger partial charge on any atom is 0.338 e. The third-order valence-corrected chi connectivity index (χ3v) is 4.49. The van der Waals surface area contributed by atoms with Gasteiger partial charge in [0.15, 0.2) is 5.82 Å². The molecule has 2 N–H and O–H groups in total. The van der Waals surface area contributed by atoms with Gasteiger partial charge in [-0.25, -0.2) is 4.79 Å². The number of hydrogen-bond acceptors (Lipinski definition) is 4. The Morgan fingerprint density at radius 3 is 2.67 bits per heavy atom. The van der Waals surface area contributed by atoms with Crippen molar-refractivity contribution >= 4 is 40.9 Å². The molecule has 27 heavy (non-hydrogen) atoms. The Kier molecular flexibility index (Phi) is 5.48. The molecule has 1 aromatic carbocycles. The van der Waals surface area contributed by atoms with E-state index in [1.807, 2.05) is 13.0 Å². The minimum atomic E-state index is -1.10. The number of nitrogens with zero attached hydrogens (tertiary/aromatic N) is 4. The van der Waals surface area contributed by atoms with Crippen LogP contribution >= 0.6 is 23.2 Å². The van der Waals surface area contributed by atoms with E-state index in [0.29, 0.717) is 22.4 Å². The van der Waals surface area contributed by atoms with E-state index in [9.17, 15) is 9.59 Å². The van der Waals surface area contributed by atoms with Crippen LogP contribution in [-0.4, -0.2) is 36.5 Å². The lowest BCUT2D eigenvalue weighted by Crippen LogP contribution is -2.19. The molecule has 0 atom stereocenters. The van der Waals surface area contributed by atoms with Crippen molar-refractivity contribution < 1.29 is 14.7 Å². The van der Waals surface area contributed by atoms with Crippen LogP contribution in [0.2, 0.25) is 10.0 Å². The van der Waals surface area contributed by atoms with Gasteiger partial charge in [-0.3, -0.25) is 14.2 Å². The highest BCUT2D eigenvalue weighted by Gasteiger charge is 2.12. The number of carbonyl (C=O) groups excluding carboxylic acids is 1. The van der Waals surface area contributed by atoms with Crippen LogP contribution in [0.15, 0.2) is 36.7 Å².